The molecule has 1 saturated carbocycles. The fraction of sp³-hybridized carbons (Fsp3) is 0.240. The summed E-state index contributed by atoms with van der Waals surface area (Å²) in [5.41, 5.74) is 3.61. The Morgan fingerprint density at radius 3 is 2.53 bits per heavy atom. The first-order valence-electron chi connectivity index (χ1n) is 10.5. The van der Waals surface area contributed by atoms with Gasteiger partial charge in [0.05, 0.1) is 28.0 Å². The number of carbonyl (C=O) groups excluding carboxylic acids is 1. The first-order chi connectivity index (χ1) is 15.4. The third-order valence-corrected chi connectivity index (χ3v) is 7.09. The van der Waals surface area contributed by atoms with E-state index in [1.807, 2.05) is 30.3 Å². The van der Waals surface area contributed by atoms with Crippen molar-refractivity contribution < 1.29 is 13.6 Å². The molecule has 2 aliphatic rings. The Morgan fingerprint density at radius 1 is 1.00 bits per heavy atom. The zero-order valence-electron chi connectivity index (χ0n) is 17.0. The number of nitrogens with one attached hydrogen (secondary N) is 2. The van der Waals surface area contributed by atoms with Gasteiger partial charge in [-0.3, -0.25) is 4.79 Å². The van der Waals surface area contributed by atoms with Crippen molar-refractivity contribution in [3.05, 3.63) is 93.0 Å². The number of carbonyl (C=O) groups is 1. The van der Waals surface area contributed by atoms with Gasteiger partial charge in [0.25, 0.3) is 5.91 Å². The Labute approximate surface area is 194 Å². The second kappa shape index (κ2) is 8.38. The molecule has 1 heterocycles. The van der Waals surface area contributed by atoms with Gasteiger partial charge in [0.1, 0.15) is 0 Å². The predicted molar refractivity (Wildman–Crippen MR) is 124 cm³/mol. The highest BCUT2D eigenvalue weighted by molar-refractivity contribution is 6.34. The summed E-state index contributed by atoms with van der Waals surface area (Å²) in [6, 6.07) is 15.3. The Hall–Kier alpha value is -2.63. The van der Waals surface area contributed by atoms with E-state index < -0.39 is 17.5 Å². The molecule has 0 aromatic heterocycles. The average Bonchev–Trinajstić information content (AvgIpc) is 3.27. The maximum Gasteiger partial charge on any atom is 0.257 e. The predicted octanol–water partition coefficient (Wildman–Crippen LogP) is 7.57. The largest absolute Gasteiger partial charge is 0.376 e. The second-order valence-corrected chi connectivity index (χ2v) is 9.19. The molecule has 0 spiro atoms. The average molecular weight is 473 g/mol. The van der Waals surface area contributed by atoms with Gasteiger partial charge < -0.3 is 10.6 Å². The quantitative estimate of drug-likeness (QED) is 0.385. The highest BCUT2D eigenvalue weighted by Gasteiger charge is 2.41. The first kappa shape index (κ1) is 21.2. The number of para-hydroxylation sites is 1. The van der Waals surface area contributed by atoms with Crippen LogP contribution in [0.4, 0.5) is 20.2 Å². The number of halogens is 4. The summed E-state index contributed by atoms with van der Waals surface area (Å²) in [5.74, 6) is -2.00. The SMILES string of the molecule is O=C(Nc1cccc2c1NC(c1ccc(Cl)cc1)C1CCCC21)c1cc(F)c(F)cc1Cl. The normalized spacial score (nSPS) is 21.4. The summed E-state index contributed by atoms with van der Waals surface area (Å²) in [7, 11) is 0. The molecule has 3 nitrogen and oxygen atoms in total. The van der Waals surface area contributed by atoms with Crippen molar-refractivity contribution >= 4 is 40.5 Å². The van der Waals surface area contributed by atoms with Crippen LogP contribution in [0.5, 0.6) is 0 Å². The Kier molecular flexibility index (Phi) is 5.56. The molecular weight excluding hydrogens is 453 g/mol. The number of amides is 1. The standard InChI is InChI=1S/C25H20Cl2F2N2O/c26-14-9-7-13(8-10-14)23-16-4-1-3-15(16)17-5-2-6-22(24(17)31-23)30-25(32)18-11-20(28)21(29)12-19(18)27/h2,5-12,15-16,23,31H,1,3-4H2,(H,30,32). The molecule has 164 valence electrons. The lowest BCUT2D eigenvalue weighted by molar-refractivity contribution is 0.102. The second-order valence-electron chi connectivity index (χ2n) is 8.34. The van der Waals surface area contributed by atoms with Crippen molar-refractivity contribution in [2.45, 2.75) is 31.2 Å². The Bertz CT molecular complexity index is 1200. The summed E-state index contributed by atoms with van der Waals surface area (Å²) in [5, 5.41) is 7.02. The smallest absolute Gasteiger partial charge is 0.257 e. The van der Waals surface area contributed by atoms with Crippen LogP contribution >= 0.6 is 23.2 Å². The van der Waals surface area contributed by atoms with Crippen molar-refractivity contribution in [1.29, 1.82) is 0 Å². The molecule has 1 fully saturated rings. The number of anilines is 2. The number of fused-ring (bicyclic) bond motifs is 3. The molecule has 1 amide bonds. The topological polar surface area (TPSA) is 41.1 Å². The third kappa shape index (κ3) is 3.74. The maximum absolute atomic E-state index is 13.7. The fourth-order valence-corrected chi connectivity index (χ4v) is 5.43. The van der Waals surface area contributed by atoms with E-state index in [4.69, 9.17) is 23.2 Å². The summed E-state index contributed by atoms with van der Waals surface area (Å²) in [4.78, 5) is 12.9. The minimum Gasteiger partial charge on any atom is -0.376 e. The summed E-state index contributed by atoms with van der Waals surface area (Å²) >= 11 is 12.1. The number of hydrogen-bond acceptors (Lipinski definition) is 2. The lowest BCUT2D eigenvalue weighted by atomic mass is 9.77. The van der Waals surface area contributed by atoms with Crippen molar-refractivity contribution in [2.24, 2.45) is 5.92 Å². The van der Waals surface area contributed by atoms with Gasteiger partial charge in [-0.05, 0) is 66.1 Å². The van der Waals surface area contributed by atoms with Crippen LogP contribution in [0, 0.1) is 17.6 Å². The number of hydrogen-bond donors (Lipinski definition) is 2. The minimum atomic E-state index is -1.12. The van der Waals surface area contributed by atoms with Gasteiger partial charge in [-0.25, -0.2) is 8.78 Å². The van der Waals surface area contributed by atoms with Crippen LogP contribution in [0.15, 0.2) is 54.6 Å². The zero-order valence-corrected chi connectivity index (χ0v) is 18.5. The molecule has 3 aromatic carbocycles. The number of rotatable bonds is 3. The van der Waals surface area contributed by atoms with Crippen LogP contribution in [-0.2, 0) is 0 Å². The molecule has 3 aromatic rings. The van der Waals surface area contributed by atoms with E-state index in [9.17, 15) is 13.6 Å². The van der Waals surface area contributed by atoms with Crippen LogP contribution in [0.25, 0.3) is 0 Å². The van der Waals surface area contributed by atoms with Crippen LogP contribution in [0.1, 0.15) is 52.7 Å². The fourth-order valence-electron chi connectivity index (χ4n) is 5.07. The van der Waals surface area contributed by atoms with E-state index in [0.29, 0.717) is 22.5 Å². The molecule has 3 unspecified atom stereocenters. The van der Waals surface area contributed by atoms with Gasteiger partial charge >= 0.3 is 0 Å². The van der Waals surface area contributed by atoms with Crippen molar-refractivity contribution in [2.75, 3.05) is 10.6 Å². The monoisotopic (exact) mass is 472 g/mol. The third-order valence-electron chi connectivity index (χ3n) is 6.53. The molecule has 2 N–H and O–H groups in total. The van der Waals surface area contributed by atoms with Crippen LogP contribution in [0.2, 0.25) is 10.0 Å². The number of benzene rings is 3. The molecule has 3 atom stereocenters. The highest BCUT2D eigenvalue weighted by Crippen LogP contribution is 2.54. The highest BCUT2D eigenvalue weighted by atomic mass is 35.5. The van der Waals surface area contributed by atoms with Crippen molar-refractivity contribution in [3.8, 4) is 0 Å². The summed E-state index contributed by atoms with van der Waals surface area (Å²) in [6.45, 7) is 0. The lowest BCUT2D eigenvalue weighted by Gasteiger charge is -2.38. The molecule has 1 aliphatic heterocycles. The molecule has 1 aliphatic carbocycles. The summed E-state index contributed by atoms with van der Waals surface area (Å²) < 4.78 is 27.1. The van der Waals surface area contributed by atoms with Gasteiger partial charge in [0, 0.05) is 5.02 Å². The lowest BCUT2D eigenvalue weighted by Crippen LogP contribution is -2.29. The van der Waals surface area contributed by atoms with E-state index in [1.165, 1.54) is 0 Å². The van der Waals surface area contributed by atoms with Gasteiger partial charge in [-0.15, -0.1) is 0 Å². The Balaban J connectivity index is 1.51. The molecule has 0 bridgehead atoms. The van der Waals surface area contributed by atoms with Crippen LogP contribution in [0.3, 0.4) is 0 Å². The van der Waals surface area contributed by atoms with E-state index in [1.54, 1.807) is 6.07 Å². The van der Waals surface area contributed by atoms with E-state index in [2.05, 4.69) is 16.7 Å². The van der Waals surface area contributed by atoms with Crippen LogP contribution in [-0.4, -0.2) is 5.91 Å². The molecule has 7 heteroatoms. The Morgan fingerprint density at radius 2 is 1.75 bits per heavy atom. The molecular formula is C25H20Cl2F2N2O. The zero-order chi connectivity index (χ0) is 22.4. The van der Waals surface area contributed by atoms with Gasteiger partial charge in [0.2, 0.25) is 0 Å². The molecule has 0 saturated heterocycles. The van der Waals surface area contributed by atoms with E-state index in [0.717, 1.165) is 48.2 Å². The van der Waals surface area contributed by atoms with Crippen molar-refractivity contribution in [3.63, 3.8) is 0 Å². The van der Waals surface area contributed by atoms with Gasteiger partial charge in [-0.1, -0.05) is 53.9 Å². The molecule has 32 heavy (non-hydrogen) atoms. The summed E-state index contributed by atoms with van der Waals surface area (Å²) in [6.07, 6.45) is 3.34. The van der Waals surface area contributed by atoms with E-state index in [-0.39, 0.29) is 16.6 Å². The molecule has 5 rings (SSSR count). The maximum atomic E-state index is 13.7. The van der Waals surface area contributed by atoms with Gasteiger partial charge in [0.15, 0.2) is 11.6 Å². The van der Waals surface area contributed by atoms with E-state index >= 15 is 0 Å². The van der Waals surface area contributed by atoms with Crippen molar-refractivity contribution in [1.82, 2.24) is 0 Å². The molecule has 0 radical (unpaired) electrons. The van der Waals surface area contributed by atoms with Crippen LogP contribution < -0.4 is 10.6 Å². The minimum absolute atomic E-state index is 0.0807. The van der Waals surface area contributed by atoms with Gasteiger partial charge in [-0.2, -0.15) is 0 Å². The first-order valence-corrected chi connectivity index (χ1v) is 11.3.